The second kappa shape index (κ2) is 14.9. The first-order valence-electron chi connectivity index (χ1n) is 6.80. The zero-order valence-corrected chi connectivity index (χ0v) is 11.5. The molecular formula is C13H28O5. The summed E-state index contributed by atoms with van der Waals surface area (Å²) in [5, 5.41) is 17.7. The second-order valence-electron chi connectivity index (χ2n) is 4.21. The Morgan fingerprint density at radius 3 is 1.78 bits per heavy atom. The van der Waals surface area contributed by atoms with Crippen molar-refractivity contribution in [2.45, 2.75) is 26.2 Å². The van der Waals surface area contributed by atoms with Crippen LogP contribution in [0.3, 0.4) is 0 Å². The highest BCUT2D eigenvalue weighted by atomic mass is 16.5. The van der Waals surface area contributed by atoms with Gasteiger partial charge in [-0.25, -0.2) is 0 Å². The topological polar surface area (TPSA) is 68.2 Å². The van der Waals surface area contributed by atoms with Crippen LogP contribution in [-0.2, 0) is 14.2 Å². The summed E-state index contributed by atoms with van der Waals surface area (Å²) in [5.74, 6) is -0.0714. The van der Waals surface area contributed by atoms with Gasteiger partial charge in [-0.15, -0.1) is 0 Å². The molecule has 0 unspecified atom stereocenters. The molecule has 5 nitrogen and oxygen atoms in total. The first-order valence-corrected chi connectivity index (χ1v) is 6.80. The van der Waals surface area contributed by atoms with Crippen molar-refractivity contribution in [1.82, 2.24) is 0 Å². The second-order valence-corrected chi connectivity index (χ2v) is 4.21. The van der Waals surface area contributed by atoms with Crippen LogP contribution in [0.15, 0.2) is 0 Å². The first kappa shape index (κ1) is 17.8. The van der Waals surface area contributed by atoms with E-state index < -0.39 is 0 Å². The van der Waals surface area contributed by atoms with Gasteiger partial charge in [-0.2, -0.15) is 0 Å². The minimum atomic E-state index is -0.0714. The van der Waals surface area contributed by atoms with E-state index in [4.69, 9.17) is 24.4 Å². The van der Waals surface area contributed by atoms with Gasteiger partial charge in [-0.1, -0.05) is 13.3 Å². The minimum absolute atomic E-state index is 0.00542. The molecule has 0 bridgehead atoms. The van der Waals surface area contributed by atoms with Crippen molar-refractivity contribution in [2.24, 2.45) is 5.92 Å². The summed E-state index contributed by atoms with van der Waals surface area (Å²) in [6, 6.07) is 0. The molecule has 110 valence electrons. The standard InChI is InChI=1S/C13H28O5/c1-2-3-5-16-7-9-18-10-8-17-6-4-13(11-14)12-15/h13-15H,2-12H2,1H3. The molecule has 5 heteroatoms. The molecule has 0 radical (unpaired) electrons. The molecule has 0 aliphatic rings. The normalized spacial score (nSPS) is 11.3. The Hall–Kier alpha value is -0.200. The molecule has 0 aliphatic heterocycles. The van der Waals surface area contributed by atoms with Crippen LogP contribution in [0.5, 0.6) is 0 Å². The molecule has 0 atom stereocenters. The quantitative estimate of drug-likeness (QED) is 0.455. The van der Waals surface area contributed by atoms with Crippen LogP contribution in [-0.4, -0.2) is 63.1 Å². The molecule has 0 heterocycles. The van der Waals surface area contributed by atoms with E-state index >= 15 is 0 Å². The lowest BCUT2D eigenvalue weighted by Gasteiger charge is -2.11. The summed E-state index contributed by atoms with van der Waals surface area (Å²) in [7, 11) is 0. The van der Waals surface area contributed by atoms with Crippen LogP contribution in [0.2, 0.25) is 0 Å². The lowest BCUT2D eigenvalue weighted by atomic mass is 10.1. The third kappa shape index (κ3) is 12.3. The van der Waals surface area contributed by atoms with Gasteiger partial charge in [0.2, 0.25) is 0 Å². The van der Waals surface area contributed by atoms with Gasteiger partial charge in [0.25, 0.3) is 0 Å². The van der Waals surface area contributed by atoms with Crippen LogP contribution >= 0.6 is 0 Å². The number of ether oxygens (including phenoxy) is 3. The fourth-order valence-corrected chi connectivity index (χ4v) is 1.28. The molecule has 0 saturated heterocycles. The van der Waals surface area contributed by atoms with E-state index in [0.717, 1.165) is 19.4 Å². The van der Waals surface area contributed by atoms with E-state index in [1.54, 1.807) is 0 Å². The van der Waals surface area contributed by atoms with E-state index in [0.29, 0.717) is 39.5 Å². The molecule has 0 aromatic rings. The highest BCUT2D eigenvalue weighted by Gasteiger charge is 2.04. The van der Waals surface area contributed by atoms with E-state index in [9.17, 15) is 0 Å². The van der Waals surface area contributed by atoms with Crippen molar-refractivity contribution in [3.8, 4) is 0 Å². The number of rotatable bonds is 14. The predicted molar refractivity (Wildman–Crippen MR) is 69.6 cm³/mol. The predicted octanol–water partition coefficient (Wildman–Crippen LogP) is 0.827. The molecule has 0 aromatic carbocycles. The highest BCUT2D eigenvalue weighted by molar-refractivity contribution is 4.53. The van der Waals surface area contributed by atoms with Crippen molar-refractivity contribution in [2.75, 3.05) is 52.9 Å². The third-order valence-electron chi connectivity index (χ3n) is 2.57. The van der Waals surface area contributed by atoms with Gasteiger partial charge in [0.15, 0.2) is 0 Å². The van der Waals surface area contributed by atoms with Crippen molar-refractivity contribution in [3.05, 3.63) is 0 Å². The Labute approximate surface area is 110 Å². The van der Waals surface area contributed by atoms with Crippen LogP contribution in [0.4, 0.5) is 0 Å². The van der Waals surface area contributed by atoms with E-state index in [1.807, 2.05) is 0 Å². The smallest absolute Gasteiger partial charge is 0.0701 e. The maximum atomic E-state index is 8.83. The van der Waals surface area contributed by atoms with Crippen molar-refractivity contribution >= 4 is 0 Å². The Balaban J connectivity index is 3.03. The van der Waals surface area contributed by atoms with Gasteiger partial charge in [0, 0.05) is 32.3 Å². The number of aliphatic hydroxyl groups is 2. The fraction of sp³-hybridized carbons (Fsp3) is 1.00. The summed E-state index contributed by atoms with van der Waals surface area (Å²) in [6.07, 6.45) is 2.92. The summed E-state index contributed by atoms with van der Waals surface area (Å²) in [6.45, 7) is 5.83. The summed E-state index contributed by atoms with van der Waals surface area (Å²) >= 11 is 0. The molecule has 2 N–H and O–H groups in total. The monoisotopic (exact) mass is 264 g/mol. The lowest BCUT2D eigenvalue weighted by molar-refractivity contribution is 0.00868. The highest BCUT2D eigenvalue weighted by Crippen LogP contribution is 2.00. The summed E-state index contributed by atoms with van der Waals surface area (Å²) in [4.78, 5) is 0. The minimum Gasteiger partial charge on any atom is -0.396 e. The Morgan fingerprint density at radius 1 is 0.778 bits per heavy atom. The maximum absolute atomic E-state index is 8.83. The number of unbranched alkanes of at least 4 members (excludes halogenated alkanes) is 1. The zero-order valence-electron chi connectivity index (χ0n) is 11.5. The molecule has 0 saturated carbocycles. The van der Waals surface area contributed by atoms with Crippen molar-refractivity contribution in [1.29, 1.82) is 0 Å². The third-order valence-corrected chi connectivity index (χ3v) is 2.57. The van der Waals surface area contributed by atoms with Gasteiger partial charge >= 0.3 is 0 Å². The summed E-state index contributed by atoms with van der Waals surface area (Å²) in [5.41, 5.74) is 0. The molecule has 0 aromatic heterocycles. The molecule has 0 fully saturated rings. The average molecular weight is 264 g/mol. The Kier molecular flexibility index (Phi) is 14.7. The van der Waals surface area contributed by atoms with E-state index in [2.05, 4.69) is 6.92 Å². The van der Waals surface area contributed by atoms with Gasteiger partial charge in [-0.05, 0) is 12.8 Å². The lowest BCUT2D eigenvalue weighted by Crippen LogP contribution is -2.15. The van der Waals surface area contributed by atoms with Crippen LogP contribution < -0.4 is 0 Å². The number of aliphatic hydroxyl groups excluding tert-OH is 2. The maximum Gasteiger partial charge on any atom is 0.0701 e. The van der Waals surface area contributed by atoms with Crippen molar-refractivity contribution in [3.63, 3.8) is 0 Å². The molecule has 0 spiro atoms. The molecule has 0 amide bonds. The van der Waals surface area contributed by atoms with Crippen molar-refractivity contribution < 1.29 is 24.4 Å². The Morgan fingerprint density at radius 2 is 1.28 bits per heavy atom. The zero-order chi connectivity index (χ0) is 13.5. The van der Waals surface area contributed by atoms with Crippen LogP contribution in [0.1, 0.15) is 26.2 Å². The molecular weight excluding hydrogens is 236 g/mol. The van der Waals surface area contributed by atoms with Crippen LogP contribution in [0, 0.1) is 5.92 Å². The molecule has 0 aliphatic carbocycles. The van der Waals surface area contributed by atoms with E-state index in [-0.39, 0.29) is 19.1 Å². The first-order chi connectivity index (χ1) is 8.85. The average Bonchev–Trinajstić information content (AvgIpc) is 2.40. The SMILES string of the molecule is CCCCOCCOCCOCCC(CO)CO. The van der Waals surface area contributed by atoms with Gasteiger partial charge in [-0.3, -0.25) is 0 Å². The Bertz CT molecular complexity index is 150. The van der Waals surface area contributed by atoms with Gasteiger partial charge in [0.05, 0.1) is 26.4 Å². The molecule has 18 heavy (non-hydrogen) atoms. The van der Waals surface area contributed by atoms with Gasteiger partial charge < -0.3 is 24.4 Å². The number of hydrogen-bond donors (Lipinski definition) is 2. The van der Waals surface area contributed by atoms with Crippen LogP contribution in [0.25, 0.3) is 0 Å². The number of hydrogen-bond acceptors (Lipinski definition) is 5. The van der Waals surface area contributed by atoms with Gasteiger partial charge in [0.1, 0.15) is 0 Å². The largest absolute Gasteiger partial charge is 0.396 e. The molecule has 0 rings (SSSR count). The summed E-state index contributed by atoms with van der Waals surface area (Å²) < 4.78 is 16.0. The van der Waals surface area contributed by atoms with E-state index in [1.165, 1.54) is 0 Å². The fourth-order valence-electron chi connectivity index (χ4n) is 1.28.